The lowest BCUT2D eigenvalue weighted by Gasteiger charge is -2.39. The summed E-state index contributed by atoms with van der Waals surface area (Å²) in [6, 6.07) is 13.8. The Morgan fingerprint density at radius 2 is 1.73 bits per heavy atom. The fourth-order valence-electron chi connectivity index (χ4n) is 3.79. The molecule has 3 aliphatic heterocycles. The van der Waals surface area contributed by atoms with E-state index < -0.39 is 5.79 Å². The third kappa shape index (κ3) is 3.01. The van der Waals surface area contributed by atoms with Crippen molar-refractivity contribution in [2.75, 3.05) is 26.2 Å². The summed E-state index contributed by atoms with van der Waals surface area (Å²) in [6.45, 7) is 3.27. The summed E-state index contributed by atoms with van der Waals surface area (Å²) in [5.74, 6) is 2.81. The highest BCUT2D eigenvalue weighted by molar-refractivity contribution is 9.10. The molecular formula is C20H20BrNO4. The minimum Gasteiger partial charge on any atom is -0.486 e. The summed E-state index contributed by atoms with van der Waals surface area (Å²) < 4.78 is 25.2. The summed E-state index contributed by atoms with van der Waals surface area (Å²) in [4.78, 5) is 2.40. The van der Waals surface area contributed by atoms with Crippen molar-refractivity contribution in [1.29, 1.82) is 0 Å². The van der Waals surface area contributed by atoms with Crippen LogP contribution in [0.3, 0.4) is 0 Å². The van der Waals surface area contributed by atoms with Crippen LogP contribution in [0.5, 0.6) is 23.0 Å². The van der Waals surface area contributed by atoms with Crippen molar-refractivity contribution in [1.82, 2.24) is 4.90 Å². The van der Waals surface area contributed by atoms with Gasteiger partial charge in [0.05, 0.1) is 0 Å². The number of benzene rings is 2. The lowest BCUT2D eigenvalue weighted by atomic mass is 10.0. The van der Waals surface area contributed by atoms with Gasteiger partial charge in [0.25, 0.3) is 5.79 Å². The maximum atomic E-state index is 6.17. The van der Waals surface area contributed by atoms with Crippen LogP contribution in [0, 0.1) is 0 Å². The Labute approximate surface area is 160 Å². The molecule has 2 aromatic rings. The molecule has 1 unspecified atom stereocenters. The Balaban J connectivity index is 1.19. The number of nitrogens with zero attached hydrogens (tertiary/aromatic N) is 1. The van der Waals surface area contributed by atoms with Gasteiger partial charge in [-0.15, -0.1) is 0 Å². The zero-order valence-electron chi connectivity index (χ0n) is 14.3. The summed E-state index contributed by atoms with van der Waals surface area (Å²) >= 11 is 3.48. The molecule has 0 bridgehead atoms. The molecule has 0 amide bonds. The fraction of sp³-hybridized carbons (Fsp3) is 0.400. The van der Waals surface area contributed by atoms with E-state index in [-0.39, 0.29) is 6.10 Å². The third-order valence-electron chi connectivity index (χ3n) is 5.14. The van der Waals surface area contributed by atoms with Crippen LogP contribution in [0.4, 0.5) is 0 Å². The number of piperidine rings is 1. The quantitative estimate of drug-likeness (QED) is 0.741. The molecule has 3 heterocycles. The van der Waals surface area contributed by atoms with E-state index >= 15 is 0 Å². The van der Waals surface area contributed by atoms with Crippen molar-refractivity contribution >= 4 is 15.9 Å². The first-order valence-electron chi connectivity index (χ1n) is 8.98. The topological polar surface area (TPSA) is 40.2 Å². The number of hydrogen-bond acceptors (Lipinski definition) is 5. The number of rotatable bonds is 2. The van der Waals surface area contributed by atoms with Gasteiger partial charge in [-0.1, -0.05) is 28.1 Å². The SMILES string of the molecule is Brc1ccc2c(c1)OC1(CCN(CC3COc4ccccc4O3)CC1)O2. The first kappa shape index (κ1) is 16.3. The van der Waals surface area contributed by atoms with Crippen LogP contribution < -0.4 is 18.9 Å². The number of likely N-dealkylation sites (tertiary alicyclic amines) is 1. The van der Waals surface area contributed by atoms with Crippen LogP contribution in [0.2, 0.25) is 0 Å². The normalized spacial score (nSPS) is 23.2. The standard InChI is InChI=1S/C20H20BrNO4/c21-14-5-6-18-19(11-14)26-20(25-18)7-9-22(10-8-20)12-15-13-23-16-3-1-2-4-17(16)24-15/h1-6,11,15H,7-10,12-13H2. The third-order valence-corrected chi connectivity index (χ3v) is 5.64. The van der Waals surface area contributed by atoms with Crippen LogP contribution in [-0.4, -0.2) is 43.0 Å². The second-order valence-corrected chi connectivity index (χ2v) is 7.92. The molecule has 1 fully saturated rings. The Morgan fingerprint density at radius 1 is 0.962 bits per heavy atom. The number of para-hydroxylation sites is 2. The Kier molecular flexibility index (Phi) is 3.98. The Bertz CT molecular complexity index is 819. The highest BCUT2D eigenvalue weighted by atomic mass is 79.9. The molecular weight excluding hydrogens is 398 g/mol. The van der Waals surface area contributed by atoms with E-state index in [0.29, 0.717) is 6.61 Å². The van der Waals surface area contributed by atoms with Crippen molar-refractivity contribution in [3.63, 3.8) is 0 Å². The maximum absolute atomic E-state index is 6.17. The van der Waals surface area contributed by atoms with Crippen LogP contribution in [0.1, 0.15) is 12.8 Å². The van der Waals surface area contributed by atoms with Gasteiger partial charge in [0.1, 0.15) is 12.7 Å². The molecule has 5 nitrogen and oxygen atoms in total. The molecule has 0 radical (unpaired) electrons. The van der Waals surface area contributed by atoms with Crippen molar-refractivity contribution in [2.45, 2.75) is 24.7 Å². The van der Waals surface area contributed by atoms with E-state index in [1.165, 1.54) is 0 Å². The zero-order chi connectivity index (χ0) is 17.6. The molecule has 0 saturated carbocycles. The first-order valence-corrected chi connectivity index (χ1v) is 9.77. The molecule has 26 heavy (non-hydrogen) atoms. The molecule has 1 atom stereocenters. The van der Waals surface area contributed by atoms with Crippen molar-refractivity contribution in [3.05, 3.63) is 46.9 Å². The molecule has 3 aliphatic rings. The van der Waals surface area contributed by atoms with Gasteiger partial charge < -0.3 is 18.9 Å². The summed E-state index contributed by atoms with van der Waals surface area (Å²) in [5, 5.41) is 0. The second kappa shape index (κ2) is 6.35. The fourth-order valence-corrected chi connectivity index (χ4v) is 4.13. The smallest absolute Gasteiger partial charge is 0.254 e. The van der Waals surface area contributed by atoms with E-state index in [1.807, 2.05) is 42.5 Å². The van der Waals surface area contributed by atoms with Crippen LogP contribution >= 0.6 is 15.9 Å². The molecule has 1 spiro atoms. The van der Waals surface area contributed by atoms with Gasteiger partial charge in [0.2, 0.25) is 0 Å². The predicted molar refractivity (Wildman–Crippen MR) is 100 cm³/mol. The molecule has 6 heteroatoms. The molecule has 0 N–H and O–H groups in total. The van der Waals surface area contributed by atoms with Gasteiger partial charge in [-0.05, 0) is 30.3 Å². The number of halogens is 1. The maximum Gasteiger partial charge on any atom is 0.254 e. The summed E-state index contributed by atoms with van der Waals surface area (Å²) in [5.41, 5.74) is 0. The average molecular weight is 418 g/mol. The van der Waals surface area contributed by atoms with Crippen molar-refractivity contribution in [2.24, 2.45) is 0 Å². The number of ether oxygens (including phenoxy) is 4. The Hall–Kier alpha value is -1.92. The highest BCUT2D eigenvalue weighted by Crippen LogP contribution is 2.44. The predicted octanol–water partition coefficient (Wildman–Crippen LogP) is 3.85. The van der Waals surface area contributed by atoms with Crippen LogP contribution in [0.15, 0.2) is 46.9 Å². The molecule has 1 saturated heterocycles. The van der Waals surface area contributed by atoms with Gasteiger partial charge in [-0.3, -0.25) is 4.90 Å². The summed E-state index contributed by atoms with van der Waals surface area (Å²) in [7, 11) is 0. The molecule has 2 aromatic carbocycles. The molecule has 0 aliphatic carbocycles. The van der Waals surface area contributed by atoms with E-state index in [0.717, 1.165) is 59.9 Å². The van der Waals surface area contributed by atoms with Crippen LogP contribution in [0.25, 0.3) is 0 Å². The van der Waals surface area contributed by atoms with Crippen LogP contribution in [-0.2, 0) is 0 Å². The van der Waals surface area contributed by atoms with E-state index in [4.69, 9.17) is 18.9 Å². The minimum absolute atomic E-state index is 0.0533. The minimum atomic E-state index is -0.518. The van der Waals surface area contributed by atoms with Gasteiger partial charge >= 0.3 is 0 Å². The first-order chi connectivity index (χ1) is 12.7. The lowest BCUT2D eigenvalue weighted by molar-refractivity contribution is -0.121. The Morgan fingerprint density at radius 3 is 2.58 bits per heavy atom. The van der Waals surface area contributed by atoms with E-state index in [2.05, 4.69) is 20.8 Å². The van der Waals surface area contributed by atoms with E-state index in [1.54, 1.807) is 0 Å². The number of fused-ring (bicyclic) bond motifs is 2. The molecule has 136 valence electrons. The van der Waals surface area contributed by atoms with Gasteiger partial charge in [0.15, 0.2) is 23.0 Å². The molecule has 0 aromatic heterocycles. The van der Waals surface area contributed by atoms with Crippen molar-refractivity contribution < 1.29 is 18.9 Å². The second-order valence-electron chi connectivity index (χ2n) is 7.00. The highest BCUT2D eigenvalue weighted by Gasteiger charge is 2.44. The summed E-state index contributed by atoms with van der Waals surface area (Å²) in [6.07, 6.45) is 1.73. The zero-order valence-corrected chi connectivity index (χ0v) is 15.9. The largest absolute Gasteiger partial charge is 0.486 e. The number of hydrogen-bond donors (Lipinski definition) is 0. The van der Waals surface area contributed by atoms with Crippen molar-refractivity contribution in [3.8, 4) is 23.0 Å². The van der Waals surface area contributed by atoms with E-state index in [9.17, 15) is 0 Å². The monoisotopic (exact) mass is 417 g/mol. The van der Waals surface area contributed by atoms with Gasteiger partial charge in [-0.25, -0.2) is 0 Å². The van der Waals surface area contributed by atoms with Gasteiger partial charge in [-0.2, -0.15) is 0 Å². The average Bonchev–Trinajstić information content (AvgIpc) is 3.01. The molecule has 5 rings (SSSR count). The van der Waals surface area contributed by atoms with Gasteiger partial charge in [0, 0.05) is 36.9 Å². The lowest BCUT2D eigenvalue weighted by Crippen LogP contribution is -2.52.